The number of carboxylic acids is 1. The number of thioether (sulfide) groups is 1. The first kappa shape index (κ1) is 13.0. The molecule has 0 radical (unpaired) electrons. The van der Waals surface area contributed by atoms with E-state index >= 15 is 0 Å². The van der Waals surface area contributed by atoms with Crippen molar-refractivity contribution in [2.24, 2.45) is 7.05 Å². The lowest BCUT2D eigenvalue weighted by Gasteiger charge is -2.19. The number of hydrogen-bond acceptors (Lipinski definition) is 4. The number of hydrogen-bond donors (Lipinski definition) is 1. The molecule has 1 N–H and O–H groups in total. The quantitative estimate of drug-likeness (QED) is 0.899. The van der Waals surface area contributed by atoms with Crippen LogP contribution >= 0.6 is 11.8 Å². The third-order valence-electron chi connectivity index (χ3n) is 3.39. The maximum Gasteiger partial charge on any atom is 0.327 e. The molecule has 0 saturated carbocycles. The van der Waals surface area contributed by atoms with Crippen LogP contribution < -0.4 is 0 Å². The van der Waals surface area contributed by atoms with Crippen molar-refractivity contribution in [2.45, 2.75) is 6.04 Å². The number of amides is 1. The Morgan fingerprint density at radius 3 is 2.90 bits per heavy atom. The van der Waals surface area contributed by atoms with E-state index in [-0.39, 0.29) is 5.91 Å². The molecule has 1 aliphatic rings. The highest BCUT2D eigenvalue weighted by Gasteiger charge is 2.36. The van der Waals surface area contributed by atoms with Gasteiger partial charge in [-0.25, -0.2) is 4.79 Å². The van der Waals surface area contributed by atoms with E-state index in [1.54, 1.807) is 11.7 Å². The van der Waals surface area contributed by atoms with Crippen molar-refractivity contribution in [1.29, 1.82) is 0 Å². The van der Waals surface area contributed by atoms with E-state index in [1.165, 1.54) is 16.7 Å². The van der Waals surface area contributed by atoms with E-state index < -0.39 is 12.0 Å². The van der Waals surface area contributed by atoms with E-state index in [4.69, 9.17) is 5.11 Å². The number of carbonyl (C=O) groups excluding carboxylic acids is 1. The summed E-state index contributed by atoms with van der Waals surface area (Å²) in [7, 11) is 1.77. The van der Waals surface area contributed by atoms with Crippen LogP contribution in [0.3, 0.4) is 0 Å². The number of nitrogens with zero attached hydrogens (tertiary/aromatic N) is 3. The van der Waals surface area contributed by atoms with Crippen LogP contribution in [0.15, 0.2) is 24.3 Å². The van der Waals surface area contributed by atoms with Crippen molar-refractivity contribution in [3.05, 3.63) is 30.0 Å². The third kappa shape index (κ3) is 1.94. The molecule has 1 unspecified atom stereocenters. The van der Waals surface area contributed by atoms with Crippen LogP contribution in [0.1, 0.15) is 10.5 Å². The summed E-state index contributed by atoms with van der Waals surface area (Å²) in [5.41, 5.74) is 1.17. The lowest BCUT2D eigenvalue weighted by atomic mass is 10.2. The van der Waals surface area contributed by atoms with Gasteiger partial charge in [-0.1, -0.05) is 18.2 Å². The number of rotatable bonds is 2. The largest absolute Gasteiger partial charge is 0.480 e. The lowest BCUT2D eigenvalue weighted by Crippen LogP contribution is -2.42. The Bertz CT molecular complexity index is 697. The zero-order valence-corrected chi connectivity index (χ0v) is 11.6. The Labute approximate surface area is 119 Å². The Hall–Kier alpha value is -2.02. The fourth-order valence-electron chi connectivity index (χ4n) is 2.36. The van der Waals surface area contributed by atoms with Gasteiger partial charge in [-0.15, -0.1) is 11.8 Å². The number of carbonyl (C=O) groups is 2. The molecule has 0 spiro atoms. The van der Waals surface area contributed by atoms with Gasteiger partial charge in [0.05, 0.1) is 11.4 Å². The molecule has 1 aromatic carbocycles. The Morgan fingerprint density at radius 2 is 2.15 bits per heavy atom. The predicted molar refractivity (Wildman–Crippen MR) is 75.6 cm³/mol. The van der Waals surface area contributed by atoms with Gasteiger partial charge in [0, 0.05) is 18.2 Å². The number of aromatic nitrogens is 2. The molecule has 1 aromatic heterocycles. The number of aliphatic carboxylic acids is 1. The van der Waals surface area contributed by atoms with Crippen molar-refractivity contribution in [2.75, 3.05) is 11.6 Å². The first-order chi connectivity index (χ1) is 9.59. The highest BCUT2D eigenvalue weighted by molar-refractivity contribution is 7.99. The Kier molecular flexibility index (Phi) is 3.13. The van der Waals surface area contributed by atoms with Gasteiger partial charge in [-0.3, -0.25) is 9.48 Å². The average molecular weight is 291 g/mol. The molecular weight excluding hydrogens is 278 g/mol. The summed E-state index contributed by atoms with van der Waals surface area (Å²) in [5.74, 6) is -0.477. The molecule has 0 aliphatic carbocycles. The first-order valence-electron chi connectivity index (χ1n) is 6.13. The van der Waals surface area contributed by atoms with Crippen LogP contribution in [0.25, 0.3) is 10.9 Å². The smallest absolute Gasteiger partial charge is 0.327 e. The van der Waals surface area contributed by atoms with Crippen molar-refractivity contribution in [3.63, 3.8) is 0 Å². The summed E-state index contributed by atoms with van der Waals surface area (Å²) in [4.78, 5) is 25.1. The summed E-state index contributed by atoms with van der Waals surface area (Å²) >= 11 is 1.44. The molecule has 2 aromatic rings. The number of benzene rings is 1. The molecule has 1 fully saturated rings. The minimum Gasteiger partial charge on any atom is -0.480 e. The van der Waals surface area contributed by atoms with Crippen LogP contribution in [0.4, 0.5) is 0 Å². The van der Waals surface area contributed by atoms with Gasteiger partial charge in [-0.2, -0.15) is 5.10 Å². The zero-order chi connectivity index (χ0) is 14.3. The van der Waals surface area contributed by atoms with Crippen LogP contribution in [0, 0.1) is 0 Å². The van der Waals surface area contributed by atoms with Gasteiger partial charge in [0.15, 0.2) is 5.69 Å². The third-order valence-corrected chi connectivity index (χ3v) is 4.40. The van der Waals surface area contributed by atoms with Crippen LogP contribution in [0.2, 0.25) is 0 Å². The molecule has 3 rings (SSSR count). The van der Waals surface area contributed by atoms with Crippen LogP contribution in [-0.2, 0) is 11.8 Å². The fourth-order valence-corrected chi connectivity index (χ4v) is 3.50. The number of carboxylic acid groups (broad SMARTS) is 1. The zero-order valence-electron chi connectivity index (χ0n) is 10.8. The molecule has 7 heteroatoms. The molecule has 2 heterocycles. The molecule has 1 saturated heterocycles. The summed E-state index contributed by atoms with van der Waals surface area (Å²) < 4.78 is 1.64. The molecule has 104 valence electrons. The first-order valence-corrected chi connectivity index (χ1v) is 7.28. The highest BCUT2D eigenvalue weighted by atomic mass is 32.2. The minimum absolute atomic E-state index is 0.317. The van der Waals surface area contributed by atoms with E-state index in [9.17, 15) is 9.59 Å². The standard InChI is InChI=1S/C13H13N3O3S/c1-15-9-5-3-2-4-8(9)11(14-15)12(17)16-7-20-6-10(16)13(18)19/h2-5,10H,6-7H2,1H3,(H,18,19). The van der Waals surface area contributed by atoms with E-state index in [0.717, 1.165) is 10.9 Å². The van der Waals surface area contributed by atoms with Crippen molar-refractivity contribution < 1.29 is 14.7 Å². The summed E-state index contributed by atoms with van der Waals surface area (Å²) in [5, 5.41) is 14.2. The average Bonchev–Trinajstić information content (AvgIpc) is 3.04. The van der Waals surface area contributed by atoms with Crippen molar-refractivity contribution in [1.82, 2.24) is 14.7 Å². The predicted octanol–water partition coefficient (Wildman–Crippen LogP) is 1.17. The number of fused-ring (bicyclic) bond motifs is 1. The monoisotopic (exact) mass is 291 g/mol. The molecule has 20 heavy (non-hydrogen) atoms. The minimum atomic E-state index is -0.969. The Balaban J connectivity index is 2.03. The van der Waals surface area contributed by atoms with Crippen molar-refractivity contribution in [3.8, 4) is 0 Å². The molecule has 1 amide bonds. The van der Waals surface area contributed by atoms with Gasteiger partial charge in [0.2, 0.25) is 0 Å². The fraction of sp³-hybridized carbons (Fsp3) is 0.308. The maximum atomic E-state index is 12.6. The normalized spacial score (nSPS) is 18.6. The number of aryl methyl sites for hydroxylation is 1. The van der Waals surface area contributed by atoms with E-state index in [1.807, 2.05) is 24.3 Å². The number of para-hydroxylation sites is 1. The maximum absolute atomic E-state index is 12.6. The molecule has 0 bridgehead atoms. The second kappa shape index (κ2) is 4.82. The summed E-state index contributed by atoms with van der Waals surface area (Å²) in [6.45, 7) is 0. The summed E-state index contributed by atoms with van der Waals surface area (Å²) in [6.07, 6.45) is 0. The van der Waals surface area contributed by atoms with E-state index in [0.29, 0.717) is 17.3 Å². The van der Waals surface area contributed by atoms with Crippen molar-refractivity contribution >= 4 is 34.5 Å². The second-order valence-electron chi connectivity index (χ2n) is 4.62. The van der Waals surface area contributed by atoms with Gasteiger partial charge in [0.25, 0.3) is 5.91 Å². The van der Waals surface area contributed by atoms with Crippen LogP contribution in [0.5, 0.6) is 0 Å². The molecule has 6 nitrogen and oxygen atoms in total. The van der Waals surface area contributed by atoms with Gasteiger partial charge in [0.1, 0.15) is 6.04 Å². The Morgan fingerprint density at radius 1 is 1.40 bits per heavy atom. The van der Waals surface area contributed by atoms with Crippen LogP contribution in [-0.4, -0.2) is 49.3 Å². The SMILES string of the molecule is Cn1nc(C(=O)N2CSCC2C(=O)O)c2ccccc21. The highest BCUT2D eigenvalue weighted by Crippen LogP contribution is 2.26. The van der Waals surface area contributed by atoms with E-state index in [2.05, 4.69) is 5.10 Å². The second-order valence-corrected chi connectivity index (χ2v) is 5.62. The topological polar surface area (TPSA) is 75.4 Å². The van der Waals surface area contributed by atoms with Gasteiger partial charge >= 0.3 is 5.97 Å². The van der Waals surface area contributed by atoms with Gasteiger partial charge in [-0.05, 0) is 6.07 Å². The molecular formula is C13H13N3O3S. The molecule has 1 atom stereocenters. The van der Waals surface area contributed by atoms with Gasteiger partial charge < -0.3 is 10.0 Å². The summed E-state index contributed by atoms with van der Waals surface area (Å²) in [6, 6.07) is 6.66. The molecule has 1 aliphatic heterocycles. The lowest BCUT2D eigenvalue weighted by molar-refractivity contribution is -0.140.